The minimum Gasteiger partial charge on any atom is -0.493 e. The normalized spacial score (nSPS) is 9.84. The Labute approximate surface area is 112 Å². The summed E-state index contributed by atoms with van der Waals surface area (Å²) in [7, 11) is 0. The zero-order chi connectivity index (χ0) is 13.5. The zero-order valence-corrected chi connectivity index (χ0v) is 10.5. The van der Waals surface area contributed by atoms with Gasteiger partial charge in [0.25, 0.3) is 0 Å². The molecule has 19 heavy (non-hydrogen) atoms. The Balaban J connectivity index is 1.93. The Hall–Kier alpha value is -2.54. The molecule has 2 rings (SSSR count). The number of hydrogen-bond donors (Lipinski definition) is 1. The van der Waals surface area contributed by atoms with E-state index < -0.39 is 0 Å². The van der Waals surface area contributed by atoms with Gasteiger partial charge < -0.3 is 10.5 Å². The number of nitrogen functional groups attached to an aromatic ring is 1. The molecule has 0 bridgehead atoms. The Bertz CT molecular complexity index is 576. The van der Waals surface area contributed by atoms with Crippen LogP contribution in [-0.4, -0.2) is 11.6 Å². The second-order valence-electron chi connectivity index (χ2n) is 4.12. The first-order valence-corrected chi connectivity index (χ1v) is 6.07. The van der Waals surface area contributed by atoms with Crippen LogP contribution in [-0.2, 0) is 12.8 Å². The first kappa shape index (κ1) is 12.9. The summed E-state index contributed by atoms with van der Waals surface area (Å²) in [5, 5.41) is 8.71. The first-order valence-electron chi connectivity index (χ1n) is 6.07. The first-order chi connectivity index (χ1) is 9.29. The number of pyridine rings is 1. The number of nitriles is 1. The molecule has 1 aromatic carbocycles. The highest BCUT2D eigenvalue weighted by molar-refractivity contribution is 5.51. The molecule has 0 radical (unpaired) electrons. The second kappa shape index (κ2) is 6.41. The molecule has 0 amide bonds. The van der Waals surface area contributed by atoms with E-state index in [1.54, 1.807) is 12.3 Å². The molecule has 1 aromatic heterocycles. The van der Waals surface area contributed by atoms with Crippen LogP contribution in [0.5, 0.6) is 5.75 Å². The second-order valence-corrected chi connectivity index (χ2v) is 4.12. The van der Waals surface area contributed by atoms with E-state index >= 15 is 0 Å². The third-order valence-electron chi connectivity index (χ3n) is 2.74. The molecule has 0 fully saturated rings. The van der Waals surface area contributed by atoms with Gasteiger partial charge in [-0.3, -0.25) is 4.98 Å². The zero-order valence-electron chi connectivity index (χ0n) is 10.5. The predicted octanol–water partition coefficient (Wildman–Crippen LogP) is 2.35. The molecule has 0 aliphatic rings. The summed E-state index contributed by atoms with van der Waals surface area (Å²) in [6.07, 6.45) is 2.81. The largest absolute Gasteiger partial charge is 0.493 e. The lowest BCUT2D eigenvalue weighted by atomic mass is 10.1. The third-order valence-corrected chi connectivity index (χ3v) is 2.74. The molecule has 0 aliphatic heterocycles. The number of ether oxygens (including phenoxy) is 1. The standard InChI is InChI=1S/C15H15N3O/c16-8-6-12-11-14(4-5-15(12)17)19-10-7-13-3-1-2-9-18-13/h1-5,9,11H,6-7,10,17H2. The lowest BCUT2D eigenvalue weighted by Gasteiger charge is -2.08. The monoisotopic (exact) mass is 253 g/mol. The summed E-state index contributed by atoms with van der Waals surface area (Å²) in [5.74, 6) is 0.732. The number of anilines is 1. The molecule has 0 aliphatic carbocycles. The van der Waals surface area contributed by atoms with Crippen LogP contribution in [0.4, 0.5) is 5.69 Å². The van der Waals surface area contributed by atoms with Crippen LogP contribution in [0, 0.1) is 11.3 Å². The van der Waals surface area contributed by atoms with E-state index in [-0.39, 0.29) is 0 Å². The van der Waals surface area contributed by atoms with E-state index in [9.17, 15) is 0 Å². The van der Waals surface area contributed by atoms with Gasteiger partial charge in [-0.05, 0) is 35.9 Å². The summed E-state index contributed by atoms with van der Waals surface area (Å²) in [6.45, 7) is 0.549. The van der Waals surface area contributed by atoms with Gasteiger partial charge in [-0.25, -0.2) is 0 Å². The van der Waals surface area contributed by atoms with Gasteiger partial charge in [0, 0.05) is 24.0 Å². The van der Waals surface area contributed by atoms with Gasteiger partial charge in [-0.2, -0.15) is 5.26 Å². The minimum absolute atomic E-state index is 0.295. The average Bonchev–Trinajstić information content (AvgIpc) is 2.44. The van der Waals surface area contributed by atoms with Gasteiger partial charge in [-0.15, -0.1) is 0 Å². The summed E-state index contributed by atoms with van der Waals surface area (Å²) in [5.41, 5.74) is 8.20. The molecule has 2 aromatic rings. The number of hydrogen-bond acceptors (Lipinski definition) is 4. The van der Waals surface area contributed by atoms with Crippen molar-refractivity contribution in [1.82, 2.24) is 4.98 Å². The molecule has 4 nitrogen and oxygen atoms in total. The average molecular weight is 253 g/mol. The molecular formula is C15H15N3O. The molecule has 0 atom stereocenters. The Kier molecular flexibility index (Phi) is 4.35. The van der Waals surface area contributed by atoms with Crippen LogP contribution in [0.1, 0.15) is 11.3 Å². The van der Waals surface area contributed by atoms with Gasteiger partial charge in [0.1, 0.15) is 5.75 Å². The number of benzene rings is 1. The van der Waals surface area contributed by atoms with Crippen LogP contribution < -0.4 is 10.5 Å². The summed E-state index contributed by atoms with van der Waals surface area (Å²) in [6, 6.07) is 13.3. The van der Waals surface area contributed by atoms with Gasteiger partial charge in [0.05, 0.1) is 19.1 Å². The van der Waals surface area contributed by atoms with E-state index in [0.29, 0.717) is 18.7 Å². The van der Waals surface area contributed by atoms with Crippen LogP contribution in [0.3, 0.4) is 0 Å². The SMILES string of the molecule is N#CCc1cc(OCCc2ccccn2)ccc1N. The van der Waals surface area contributed by atoms with Crippen molar-refractivity contribution in [1.29, 1.82) is 5.26 Å². The molecule has 2 N–H and O–H groups in total. The van der Waals surface area contributed by atoms with E-state index in [0.717, 1.165) is 23.4 Å². The Morgan fingerprint density at radius 2 is 2.16 bits per heavy atom. The van der Waals surface area contributed by atoms with E-state index in [1.807, 2.05) is 30.3 Å². The lowest BCUT2D eigenvalue weighted by Crippen LogP contribution is -2.03. The van der Waals surface area contributed by atoms with Crippen molar-refractivity contribution in [3.05, 3.63) is 53.9 Å². The number of aromatic nitrogens is 1. The fourth-order valence-corrected chi connectivity index (χ4v) is 1.73. The van der Waals surface area contributed by atoms with Crippen LogP contribution in [0.15, 0.2) is 42.6 Å². The summed E-state index contributed by atoms with van der Waals surface area (Å²) in [4.78, 5) is 4.23. The number of rotatable bonds is 5. The van der Waals surface area contributed by atoms with E-state index in [4.69, 9.17) is 15.7 Å². The fraction of sp³-hybridized carbons (Fsp3) is 0.200. The summed E-state index contributed by atoms with van der Waals surface area (Å²) >= 11 is 0. The molecule has 4 heteroatoms. The van der Waals surface area contributed by atoms with Gasteiger partial charge in [0.15, 0.2) is 0 Å². The Morgan fingerprint density at radius 3 is 2.89 bits per heavy atom. The molecule has 0 spiro atoms. The van der Waals surface area contributed by atoms with Gasteiger partial charge >= 0.3 is 0 Å². The Morgan fingerprint density at radius 1 is 1.26 bits per heavy atom. The van der Waals surface area contributed by atoms with Crippen molar-refractivity contribution in [2.24, 2.45) is 0 Å². The molecular weight excluding hydrogens is 238 g/mol. The van der Waals surface area contributed by atoms with E-state index in [2.05, 4.69) is 11.1 Å². The topological polar surface area (TPSA) is 71.9 Å². The van der Waals surface area contributed by atoms with Crippen molar-refractivity contribution in [3.8, 4) is 11.8 Å². The maximum atomic E-state index is 8.71. The van der Waals surface area contributed by atoms with Crippen molar-refractivity contribution < 1.29 is 4.74 Å². The molecule has 0 saturated heterocycles. The van der Waals surface area contributed by atoms with Crippen LogP contribution in [0.25, 0.3) is 0 Å². The molecule has 1 heterocycles. The van der Waals surface area contributed by atoms with Crippen molar-refractivity contribution >= 4 is 5.69 Å². The number of nitrogens with two attached hydrogens (primary N) is 1. The van der Waals surface area contributed by atoms with E-state index in [1.165, 1.54) is 0 Å². The van der Waals surface area contributed by atoms with Crippen molar-refractivity contribution in [2.75, 3.05) is 12.3 Å². The number of nitrogens with zero attached hydrogens (tertiary/aromatic N) is 2. The highest BCUT2D eigenvalue weighted by Gasteiger charge is 2.02. The third kappa shape index (κ3) is 3.71. The predicted molar refractivity (Wildman–Crippen MR) is 73.6 cm³/mol. The maximum Gasteiger partial charge on any atom is 0.119 e. The highest BCUT2D eigenvalue weighted by atomic mass is 16.5. The molecule has 0 saturated carbocycles. The van der Waals surface area contributed by atoms with Crippen LogP contribution in [0.2, 0.25) is 0 Å². The lowest BCUT2D eigenvalue weighted by molar-refractivity contribution is 0.320. The van der Waals surface area contributed by atoms with Crippen LogP contribution >= 0.6 is 0 Å². The molecule has 96 valence electrons. The van der Waals surface area contributed by atoms with Crippen molar-refractivity contribution in [3.63, 3.8) is 0 Å². The minimum atomic E-state index is 0.295. The fourth-order valence-electron chi connectivity index (χ4n) is 1.73. The van der Waals surface area contributed by atoms with Crippen molar-refractivity contribution in [2.45, 2.75) is 12.8 Å². The van der Waals surface area contributed by atoms with Gasteiger partial charge in [0.2, 0.25) is 0 Å². The highest BCUT2D eigenvalue weighted by Crippen LogP contribution is 2.20. The quantitative estimate of drug-likeness (QED) is 0.830. The molecule has 0 unspecified atom stereocenters. The summed E-state index contributed by atoms with van der Waals surface area (Å²) < 4.78 is 5.65. The smallest absolute Gasteiger partial charge is 0.119 e. The maximum absolute atomic E-state index is 8.71. The van der Waals surface area contributed by atoms with Gasteiger partial charge in [-0.1, -0.05) is 6.07 Å².